The lowest BCUT2D eigenvalue weighted by molar-refractivity contribution is -0.147. The number of para-hydroxylation sites is 1. The summed E-state index contributed by atoms with van der Waals surface area (Å²) in [4.78, 5) is 28.6. The maximum atomic E-state index is 12.3. The van der Waals surface area contributed by atoms with Crippen molar-refractivity contribution in [1.82, 2.24) is 5.43 Å². The van der Waals surface area contributed by atoms with Crippen molar-refractivity contribution in [2.45, 2.75) is 11.6 Å². The number of hydrogen-bond acceptors (Lipinski definition) is 6. The van der Waals surface area contributed by atoms with E-state index in [2.05, 4.69) is 10.4 Å². The number of ether oxygens (including phenoxy) is 1. The van der Waals surface area contributed by atoms with Crippen molar-refractivity contribution in [1.29, 1.82) is 0 Å². The first kappa shape index (κ1) is 15.7. The first-order valence-corrected chi connectivity index (χ1v) is 6.69. The molecular weight excluding hydrogens is 284 g/mol. The minimum atomic E-state index is -1.51. The molecule has 1 aliphatic rings. The van der Waals surface area contributed by atoms with Crippen LogP contribution in [-0.2, 0) is 14.3 Å². The molecule has 116 valence electrons. The molecule has 0 fully saturated rings. The zero-order valence-electron chi connectivity index (χ0n) is 12.4. The lowest BCUT2D eigenvalue weighted by Gasteiger charge is -2.38. The minimum absolute atomic E-state index is 0.655. The Hall–Kier alpha value is -2.67. The highest BCUT2D eigenvalue weighted by Crippen LogP contribution is 2.29. The number of rotatable bonds is 6. The van der Waals surface area contributed by atoms with Crippen molar-refractivity contribution in [3.8, 4) is 0 Å². The van der Waals surface area contributed by atoms with Crippen LogP contribution in [0.3, 0.4) is 0 Å². The Balaban J connectivity index is 2.53. The van der Waals surface area contributed by atoms with Gasteiger partial charge in [-0.15, -0.1) is 0 Å². The molecule has 2 rings (SSSR count). The molecule has 1 aromatic carbocycles. The van der Waals surface area contributed by atoms with E-state index in [1.807, 2.05) is 18.2 Å². The summed E-state index contributed by atoms with van der Waals surface area (Å²) in [6.45, 7) is 0. The van der Waals surface area contributed by atoms with Crippen LogP contribution in [0.25, 0.3) is 0 Å². The molecule has 1 aliphatic heterocycles. The number of esters is 1. The van der Waals surface area contributed by atoms with Crippen molar-refractivity contribution in [3.05, 3.63) is 42.5 Å². The fraction of sp³-hybridized carbons (Fsp3) is 0.267. The SMILES string of the molecule is CNN(c1ccccc1)C(C(N)=O)C1(C(=O)OC)C=CC=N1. The molecule has 1 heterocycles. The Morgan fingerprint density at radius 3 is 2.50 bits per heavy atom. The van der Waals surface area contributed by atoms with Gasteiger partial charge >= 0.3 is 5.97 Å². The molecule has 2 unspecified atom stereocenters. The van der Waals surface area contributed by atoms with E-state index < -0.39 is 23.5 Å². The van der Waals surface area contributed by atoms with Crippen LogP contribution in [0.5, 0.6) is 0 Å². The maximum absolute atomic E-state index is 12.3. The zero-order valence-corrected chi connectivity index (χ0v) is 12.4. The number of carbonyl (C=O) groups is 2. The van der Waals surface area contributed by atoms with E-state index in [0.29, 0.717) is 5.69 Å². The first-order chi connectivity index (χ1) is 10.6. The first-order valence-electron chi connectivity index (χ1n) is 6.69. The van der Waals surface area contributed by atoms with Gasteiger partial charge in [0.1, 0.15) is 0 Å². The van der Waals surface area contributed by atoms with Crippen LogP contribution in [-0.4, -0.2) is 43.8 Å². The highest BCUT2D eigenvalue weighted by molar-refractivity contribution is 6.00. The standard InChI is InChI=1S/C15H18N4O3/c1-17-19(11-7-4-3-5-8-11)12(13(16)20)15(14(21)22-2)9-6-10-18-15/h3-10,12,17H,1-2H3,(H2,16,20). The fourth-order valence-corrected chi connectivity index (χ4v) is 2.49. The molecule has 7 nitrogen and oxygen atoms in total. The van der Waals surface area contributed by atoms with Gasteiger partial charge in [-0.2, -0.15) is 0 Å². The van der Waals surface area contributed by atoms with E-state index in [9.17, 15) is 9.59 Å². The Morgan fingerprint density at radius 1 is 1.36 bits per heavy atom. The number of allylic oxidation sites excluding steroid dienone is 1. The van der Waals surface area contributed by atoms with E-state index >= 15 is 0 Å². The number of methoxy groups -OCH3 is 1. The number of nitrogens with zero attached hydrogens (tertiary/aromatic N) is 2. The lowest BCUT2D eigenvalue weighted by Crippen LogP contribution is -2.64. The van der Waals surface area contributed by atoms with E-state index in [0.717, 1.165) is 0 Å². The number of primary amides is 1. The van der Waals surface area contributed by atoms with Gasteiger partial charge in [-0.3, -0.25) is 14.8 Å². The average Bonchev–Trinajstić information content (AvgIpc) is 3.02. The van der Waals surface area contributed by atoms with Gasteiger partial charge in [0.15, 0.2) is 6.04 Å². The Bertz CT molecular complexity index is 600. The third-order valence-electron chi connectivity index (χ3n) is 3.46. The molecule has 0 bridgehead atoms. The second-order valence-corrected chi connectivity index (χ2v) is 4.69. The molecule has 0 radical (unpaired) electrons. The monoisotopic (exact) mass is 302 g/mol. The van der Waals surface area contributed by atoms with Crippen LogP contribution in [0.2, 0.25) is 0 Å². The molecule has 0 aromatic heterocycles. The van der Waals surface area contributed by atoms with Crippen molar-refractivity contribution < 1.29 is 14.3 Å². The molecule has 2 atom stereocenters. The van der Waals surface area contributed by atoms with Gasteiger partial charge in [0.2, 0.25) is 11.4 Å². The summed E-state index contributed by atoms with van der Waals surface area (Å²) >= 11 is 0. The van der Waals surface area contributed by atoms with Crippen LogP contribution < -0.4 is 16.2 Å². The van der Waals surface area contributed by atoms with Crippen molar-refractivity contribution >= 4 is 23.8 Å². The number of anilines is 1. The quantitative estimate of drug-likeness (QED) is 0.571. The summed E-state index contributed by atoms with van der Waals surface area (Å²) in [5.41, 5.74) is 7.63. The zero-order chi connectivity index (χ0) is 16.2. The molecule has 22 heavy (non-hydrogen) atoms. The van der Waals surface area contributed by atoms with E-state index in [1.54, 1.807) is 25.3 Å². The summed E-state index contributed by atoms with van der Waals surface area (Å²) in [5.74, 6) is -1.36. The second-order valence-electron chi connectivity index (χ2n) is 4.69. The van der Waals surface area contributed by atoms with E-state index in [1.165, 1.54) is 24.4 Å². The normalized spacial score (nSPS) is 20.6. The van der Waals surface area contributed by atoms with Gasteiger partial charge in [-0.1, -0.05) is 18.2 Å². The molecule has 0 aliphatic carbocycles. The number of hydrogen-bond donors (Lipinski definition) is 2. The Kier molecular flexibility index (Phi) is 4.57. The number of nitrogens with one attached hydrogen (secondary N) is 1. The third-order valence-corrected chi connectivity index (χ3v) is 3.46. The molecular formula is C15H18N4O3. The minimum Gasteiger partial charge on any atom is -0.467 e. The Labute approximate surface area is 128 Å². The van der Waals surface area contributed by atoms with E-state index in [4.69, 9.17) is 10.5 Å². The highest BCUT2D eigenvalue weighted by Gasteiger charge is 2.52. The number of benzene rings is 1. The molecule has 0 saturated carbocycles. The maximum Gasteiger partial charge on any atom is 0.340 e. The summed E-state index contributed by atoms with van der Waals surface area (Å²) in [6.07, 6.45) is 4.55. The van der Waals surface area contributed by atoms with Gasteiger partial charge in [0.05, 0.1) is 12.8 Å². The van der Waals surface area contributed by atoms with Gasteiger partial charge in [-0.25, -0.2) is 10.2 Å². The summed E-state index contributed by atoms with van der Waals surface area (Å²) in [6, 6.07) is 7.98. The van der Waals surface area contributed by atoms with Crippen LogP contribution >= 0.6 is 0 Å². The third kappa shape index (κ3) is 2.58. The summed E-state index contributed by atoms with van der Waals surface area (Å²) in [7, 11) is 2.88. The predicted octanol–water partition coefficient (Wildman–Crippen LogP) is 0.0337. The molecule has 3 N–H and O–H groups in total. The molecule has 1 aromatic rings. The number of carbonyl (C=O) groups excluding carboxylic acids is 2. The van der Waals surface area contributed by atoms with Crippen LogP contribution in [0, 0.1) is 0 Å². The van der Waals surface area contributed by atoms with E-state index in [-0.39, 0.29) is 0 Å². The van der Waals surface area contributed by atoms with Crippen molar-refractivity contribution in [2.24, 2.45) is 10.7 Å². The smallest absolute Gasteiger partial charge is 0.340 e. The number of hydrazine groups is 1. The van der Waals surface area contributed by atoms with Gasteiger partial charge in [0.25, 0.3) is 0 Å². The number of aliphatic imine (C=N–C) groups is 1. The van der Waals surface area contributed by atoms with Crippen molar-refractivity contribution in [2.75, 3.05) is 19.2 Å². The van der Waals surface area contributed by atoms with Crippen LogP contribution in [0.1, 0.15) is 0 Å². The fourth-order valence-electron chi connectivity index (χ4n) is 2.49. The molecule has 7 heteroatoms. The molecule has 1 amide bonds. The predicted molar refractivity (Wildman–Crippen MR) is 83.3 cm³/mol. The number of amides is 1. The van der Waals surface area contributed by atoms with Gasteiger partial charge in [-0.05, 0) is 24.3 Å². The highest BCUT2D eigenvalue weighted by atomic mass is 16.5. The van der Waals surface area contributed by atoms with Crippen molar-refractivity contribution in [3.63, 3.8) is 0 Å². The summed E-state index contributed by atoms with van der Waals surface area (Å²) < 4.78 is 4.83. The van der Waals surface area contributed by atoms with Gasteiger partial charge in [0, 0.05) is 13.3 Å². The topological polar surface area (TPSA) is 97.0 Å². The van der Waals surface area contributed by atoms with Crippen LogP contribution in [0.4, 0.5) is 5.69 Å². The molecule has 0 saturated heterocycles. The summed E-state index contributed by atoms with van der Waals surface area (Å²) in [5, 5.41) is 1.51. The largest absolute Gasteiger partial charge is 0.467 e. The number of nitrogens with two attached hydrogens (primary N) is 1. The lowest BCUT2D eigenvalue weighted by atomic mass is 9.89. The van der Waals surface area contributed by atoms with Crippen LogP contribution in [0.15, 0.2) is 47.5 Å². The second kappa shape index (κ2) is 6.40. The average molecular weight is 302 g/mol. The van der Waals surface area contributed by atoms with Gasteiger partial charge < -0.3 is 10.5 Å². The Morgan fingerprint density at radius 2 is 2.05 bits per heavy atom. The molecule has 0 spiro atoms.